The van der Waals surface area contributed by atoms with Crippen LogP contribution in [-0.2, 0) is 16.0 Å². The van der Waals surface area contributed by atoms with Gasteiger partial charge in [-0.15, -0.1) is 0 Å². The maximum Gasteiger partial charge on any atom is 0.416 e. The lowest BCUT2D eigenvalue weighted by atomic mass is 10.1. The number of carbonyl (C=O) groups excluding carboxylic acids is 1. The first-order valence-electron chi connectivity index (χ1n) is 10.2. The van der Waals surface area contributed by atoms with Crippen molar-refractivity contribution in [2.45, 2.75) is 43.4 Å². The standard InChI is InChI=1S/C22H23F3N2O3S/c23-22(24,25)16-2-1-3-18(12-16)27-21(28)15-6-4-14(5-7-15)19-13-20(19)26-17-8-10-31(29,30)11-9-17/h1-7,12,17,19-20,26H,8-11,13H2,(H,27,28)/t19-,20+/m0/s1. The molecule has 1 aliphatic carbocycles. The van der Waals surface area contributed by atoms with Crippen molar-refractivity contribution in [2.75, 3.05) is 16.8 Å². The number of hydrogen-bond donors (Lipinski definition) is 2. The molecule has 2 aromatic carbocycles. The molecule has 2 atom stereocenters. The first-order valence-corrected chi connectivity index (χ1v) is 12.0. The van der Waals surface area contributed by atoms with Crippen LogP contribution in [0.2, 0.25) is 0 Å². The molecule has 9 heteroatoms. The second kappa shape index (κ2) is 8.27. The number of amides is 1. The predicted molar refractivity (Wildman–Crippen MR) is 112 cm³/mol. The van der Waals surface area contributed by atoms with Gasteiger partial charge in [-0.25, -0.2) is 8.42 Å². The zero-order valence-corrected chi connectivity index (χ0v) is 17.5. The topological polar surface area (TPSA) is 75.3 Å². The van der Waals surface area contributed by atoms with E-state index >= 15 is 0 Å². The molecule has 4 rings (SSSR count). The van der Waals surface area contributed by atoms with E-state index in [0.717, 1.165) is 24.1 Å². The highest BCUT2D eigenvalue weighted by Crippen LogP contribution is 2.41. The van der Waals surface area contributed by atoms with Gasteiger partial charge in [-0.1, -0.05) is 18.2 Å². The van der Waals surface area contributed by atoms with Crippen LogP contribution in [0.25, 0.3) is 0 Å². The second-order valence-electron chi connectivity index (χ2n) is 8.20. The molecule has 2 aromatic rings. The summed E-state index contributed by atoms with van der Waals surface area (Å²) in [6.07, 6.45) is -2.23. The molecule has 31 heavy (non-hydrogen) atoms. The van der Waals surface area contributed by atoms with Crippen LogP contribution in [0.5, 0.6) is 0 Å². The van der Waals surface area contributed by atoms with Crippen molar-refractivity contribution in [3.63, 3.8) is 0 Å². The third kappa shape index (κ3) is 5.46. The van der Waals surface area contributed by atoms with Gasteiger partial charge in [0.25, 0.3) is 5.91 Å². The summed E-state index contributed by atoms with van der Waals surface area (Å²) in [5.74, 6) is 0.314. The molecule has 0 unspecified atom stereocenters. The van der Waals surface area contributed by atoms with Gasteiger partial charge in [-0.2, -0.15) is 13.2 Å². The predicted octanol–water partition coefficient (Wildman–Crippen LogP) is 3.98. The number of hydrogen-bond acceptors (Lipinski definition) is 4. The quantitative estimate of drug-likeness (QED) is 0.720. The monoisotopic (exact) mass is 452 g/mol. The fourth-order valence-electron chi connectivity index (χ4n) is 3.97. The van der Waals surface area contributed by atoms with E-state index < -0.39 is 27.5 Å². The molecule has 2 fully saturated rings. The van der Waals surface area contributed by atoms with E-state index in [0.29, 0.717) is 30.4 Å². The first kappa shape index (κ1) is 21.8. The Morgan fingerprint density at radius 1 is 1.00 bits per heavy atom. The summed E-state index contributed by atoms with van der Waals surface area (Å²) < 4.78 is 61.5. The number of halogens is 3. The molecule has 0 aromatic heterocycles. The highest BCUT2D eigenvalue weighted by Gasteiger charge is 2.40. The van der Waals surface area contributed by atoms with Gasteiger partial charge >= 0.3 is 6.18 Å². The maximum absolute atomic E-state index is 12.8. The Morgan fingerprint density at radius 2 is 1.68 bits per heavy atom. The fraction of sp³-hybridized carbons (Fsp3) is 0.409. The highest BCUT2D eigenvalue weighted by molar-refractivity contribution is 7.91. The molecule has 1 heterocycles. The molecule has 2 aliphatic rings. The van der Waals surface area contributed by atoms with Gasteiger partial charge in [-0.3, -0.25) is 4.79 Å². The van der Waals surface area contributed by atoms with E-state index in [1.807, 2.05) is 12.1 Å². The molecule has 5 nitrogen and oxygen atoms in total. The summed E-state index contributed by atoms with van der Waals surface area (Å²) >= 11 is 0. The third-order valence-corrected chi connectivity index (χ3v) is 7.56. The second-order valence-corrected chi connectivity index (χ2v) is 10.5. The van der Waals surface area contributed by atoms with Crippen LogP contribution < -0.4 is 10.6 Å². The smallest absolute Gasteiger partial charge is 0.322 e. The van der Waals surface area contributed by atoms with E-state index in [4.69, 9.17) is 0 Å². The Hall–Kier alpha value is -2.39. The molecule has 1 amide bonds. The Bertz CT molecular complexity index is 1050. The molecule has 1 saturated carbocycles. The lowest BCUT2D eigenvalue weighted by Gasteiger charge is -2.23. The van der Waals surface area contributed by atoms with Crippen molar-refractivity contribution in [1.29, 1.82) is 0 Å². The van der Waals surface area contributed by atoms with E-state index in [1.165, 1.54) is 12.1 Å². The lowest BCUT2D eigenvalue weighted by molar-refractivity contribution is -0.137. The number of alkyl halides is 3. The minimum Gasteiger partial charge on any atom is -0.322 e. The first-order chi connectivity index (χ1) is 14.6. The minimum atomic E-state index is -4.47. The van der Waals surface area contributed by atoms with Crippen LogP contribution >= 0.6 is 0 Å². The number of carbonyl (C=O) groups is 1. The summed E-state index contributed by atoms with van der Waals surface area (Å²) in [6, 6.07) is 12.1. The molecule has 0 bridgehead atoms. The summed E-state index contributed by atoms with van der Waals surface area (Å²) in [6.45, 7) is 0. The summed E-state index contributed by atoms with van der Waals surface area (Å²) in [4.78, 5) is 12.4. The fourth-order valence-corrected chi connectivity index (χ4v) is 5.46. The molecule has 2 N–H and O–H groups in total. The van der Waals surface area contributed by atoms with Gasteiger partial charge in [0.2, 0.25) is 0 Å². The third-order valence-electron chi connectivity index (χ3n) is 5.84. The van der Waals surface area contributed by atoms with Crippen molar-refractivity contribution >= 4 is 21.4 Å². The summed E-state index contributed by atoms with van der Waals surface area (Å²) in [7, 11) is -2.88. The van der Waals surface area contributed by atoms with E-state index in [1.54, 1.807) is 12.1 Å². The Labute approximate surface area is 179 Å². The average molecular weight is 452 g/mol. The molecule has 0 radical (unpaired) electrons. The Kier molecular flexibility index (Phi) is 5.83. The molecular formula is C22H23F3N2O3S. The number of rotatable bonds is 5. The van der Waals surface area contributed by atoms with Crippen LogP contribution in [0.4, 0.5) is 18.9 Å². The van der Waals surface area contributed by atoms with Crippen molar-refractivity contribution in [3.8, 4) is 0 Å². The van der Waals surface area contributed by atoms with Gasteiger partial charge in [0.1, 0.15) is 9.84 Å². The number of anilines is 1. The Balaban J connectivity index is 1.32. The number of sulfone groups is 1. The molecular weight excluding hydrogens is 429 g/mol. The largest absolute Gasteiger partial charge is 0.416 e. The number of nitrogens with one attached hydrogen (secondary N) is 2. The van der Waals surface area contributed by atoms with Crippen LogP contribution in [0.1, 0.15) is 46.7 Å². The van der Waals surface area contributed by atoms with Crippen molar-refractivity contribution in [2.24, 2.45) is 0 Å². The van der Waals surface area contributed by atoms with Crippen LogP contribution in [0.15, 0.2) is 48.5 Å². The molecule has 1 saturated heterocycles. The Morgan fingerprint density at radius 3 is 2.32 bits per heavy atom. The molecule has 0 spiro atoms. The SMILES string of the molecule is O=C(Nc1cccc(C(F)(F)F)c1)c1ccc([C@@H]2C[C@H]2NC2CCS(=O)(=O)CC2)cc1. The van der Waals surface area contributed by atoms with E-state index in [-0.39, 0.29) is 23.2 Å². The zero-order valence-electron chi connectivity index (χ0n) is 16.7. The zero-order chi connectivity index (χ0) is 22.2. The summed E-state index contributed by atoms with van der Waals surface area (Å²) in [5, 5.41) is 6.04. The maximum atomic E-state index is 12.8. The van der Waals surface area contributed by atoms with E-state index in [9.17, 15) is 26.4 Å². The molecule has 1 aliphatic heterocycles. The van der Waals surface area contributed by atoms with E-state index in [2.05, 4.69) is 10.6 Å². The van der Waals surface area contributed by atoms with Crippen LogP contribution in [-0.4, -0.2) is 37.9 Å². The van der Waals surface area contributed by atoms with Gasteiger partial charge in [0.15, 0.2) is 0 Å². The van der Waals surface area contributed by atoms with Gasteiger partial charge < -0.3 is 10.6 Å². The minimum absolute atomic E-state index is 0.0878. The van der Waals surface area contributed by atoms with Gasteiger partial charge in [-0.05, 0) is 55.2 Å². The summed E-state index contributed by atoms with van der Waals surface area (Å²) in [5.41, 5.74) is 0.716. The van der Waals surface area contributed by atoms with Gasteiger partial charge in [0.05, 0.1) is 17.1 Å². The highest BCUT2D eigenvalue weighted by atomic mass is 32.2. The van der Waals surface area contributed by atoms with Gasteiger partial charge in [0, 0.05) is 29.3 Å². The lowest BCUT2D eigenvalue weighted by Crippen LogP contribution is -2.39. The van der Waals surface area contributed by atoms with Crippen molar-refractivity contribution in [3.05, 3.63) is 65.2 Å². The number of benzene rings is 2. The van der Waals surface area contributed by atoms with Crippen LogP contribution in [0, 0.1) is 0 Å². The average Bonchev–Trinajstić information content (AvgIpc) is 3.48. The normalized spacial score (nSPS) is 23.3. The van der Waals surface area contributed by atoms with Crippen LogP contribution in [0.3, 0.4) is 0 Å². The van der Waals surface area contributed by atoms with Crippen molar-refractivity contribution < 1.29 is 26.4 Å². The molecule has 166 valence electrons. The van der Waals surface area contributed by atoms with Crippen molar-refractivity contribution in [1.82, 2.24) is 5.32 Å².